The maximum absolute atomic E-state index is 10.7. The lowest BCUT2D eigenvalue weighted by atomic mass is 10.0. The first-order valence-corrected chi connectivity index (χ1v) is 13.9. The van der Waals surface area contributed by atoms with Crippen LogP contribution in [0, 0.1) is 0 Å². The zero-order valence-electron chi connectivity index (χ0n) is 23.3. The number of phenolic OH excluding ortho intramolecular Hbond substituents is 2. The van der Waals surface area contributed by atoms with Crippen molar-refractivity contribution in [1.29, 1.82) is 0 Å². The van der Waals surface area contributed by atoms with E-state index in [1.54, 1.807) is 36.4 Å². The van der Waals surface area contributed by atoms with E-state index in [1.165, 1.54) is 0 Å². The molecule has 8 heteroatoms. The number of benzene rings is 5. The van der Waals surface area contributed by atoms with E-state index in [-0.39, 0.29) is 11.5 Å². The summed E-state index contributed by atoms with van der Waals surface area (Å²) in [5, 5.41) is 21.3. The van der Waals surface area contributed by atoms with Crippen LogP contribution in [0.25, 0.3) is 68.3 Å². The van der Waals surface area contributed by atoms with Crippen LogP contribution in [0.3, 0.4) is 0 Å². The standard InChI is InChI=1S/C36H24N6O2/c43-29-21-11-9-19-27(29)35-39-31(23-13-3-1-4-14-23)37-33(41-35)25-17-7-8-18-26(25)34-38-32(24-15-5-2-6-16-24)40-36(42-34)28-20-10-12-22-30(28)44/h1-22,43-44H. The summed E-state index contributed by atoms with van der Waals surface area (Å²) >= 11 is 0. The molecule has 2 aromatic heterocycles. The minimum Gasteiger partial charge on any atom is -0.507 e. The Hall–Kier alpha value is -6.28. The summed E-state index contributed by atoms with van der Waals surface area (Å²) in [4.78, 5) is 28.9. The average Bonchev–Trinajstić information content (AvgIpc) is 3.09. The Labute approximate surface area is 253 Å². The van der Waals surface area contributed by atoms with Gasteiger partial charge in [0.05, 0.1) is 11.1 Å². The highest BCUT2D eigenvalue weighted by atomic mass is 16.3. The predicted octanol–water partition coefficient (Wildman–Crippen LogP) is 7.47. The van der Waals surface area contributed by atoms with Crippen molar-refractivity contribution in [2.75, 3.05) is 0 Å². The largest absolute Gasteiger partial charge is 0.507 e. The maximum Gasteiger partial charge on any atom is 0.167 e. The second kappa shape index (κ2) is 11.5. The van der Waals surface area contributed by atoms with Gasteiger partial charge < -0.3 is 10.2 Å². The summed E-state index contributed by atoms with van der Waals surface area (Å²) in [5.74, 6) is 2.48. The van der Waals surface area contributed by atoms with Crippen molar-refractivity contribution in [1.82, 2.24) is 29.9 Å². The van der Waals surface area contributed by atoms with E-state index >= 15 is 0 Å². The van der Waals surface area contributed by atoms with Gasteiger partial charge in [-0.1, -0.05) is 109 Å². The van der Waals surface area contributed by atoms with Crippen LogP contribution in [0.5, 0.6) is 11.5 Å². The molecule has 0 atom stereocenters. The van der Waals surface area contributed by atoms with E-state index in [1.807, 2.05) is 97.1 Å². The molecule has 0 aliphatic carbocycles. The lowest BCUT2D eigenvalue weighted by Crippen LogP contribution is -2.03. The summed E-state index contributed by atoms with van der Waals surface area (Å²) < 4.78 is 0. The molecule has 0 fully saturated rings. The molecule has 0 saturated carbocycles. The number of aromatic hydroxyl groups is 2. The van der Waals surface area contributed by atoms with Crippen LogP contribution in [0.2, 0.25) is 0 Å². The first kappa shape index (κ1) is 26.6. The van der Waals surface area contributed by atoms with Gasteiger partial charge in [-0.2, -0.15) is 0 Å². The van der Waals surface area contributed by atoms with Crippen molar-refractivity contribution in [2.45, 2.75) is 0 Å². The second-order valence-electron chi connectivity index (χ2n) is 9.92. The summed E-state index contributed by atoms with van der Waals surface area (Å²) in [6, 6.07) is 40.7. The zero-order chi connectivity index (χ0) is 29.9. The molecular formula is C36H24N6O2. The summed E-state index contributed by atoms with van der Waals surface area (Å²) in [7, 11) is 0. The number of rotatable bonds is 6. The first-order chi connectivity index (χ1) is 21.6. The number of nitrogens with zero attached hydrogens (tertiary/aromatic N) is 6. The Bertz CT molecular complexity index is 1950. The molecule has 0 bridgehead atoms. The van der Waals surface area contributed by atoms with Crippen molar-refractivity contribution >= 4 is 0 Å². The third kappa shape index (κ3) is 5.23. The SMILES string of the molecule is Oc1ccccc1-c1nc(-c2ccccc2)nc(-c2ccccc2-c2nc(-c3ccccc3)nc(-c3ccccc3O)n2)n1. The van der Waals surface area contributed by atoms with Crippen molar-refractivity contribution in [3.8, 4) is 79.8 Å². The molecule has 7 rings (SSSR count). The molecule has 5 aromatic carbocycles. The van der Waals surface area contributed by atoms with Crippen molar-refractivity contribution in [2.24, 2.45) is 0 Å². The van der Waals surface area contributed by atoms with E-state index in [4.69, 9.17) is 29.9 Å². The fraction of sp³-hybridized carbons (Fsp3) is 0. The molecule has 8 nitrogen and oxygen atoms in total. The van der Waals surface area contributed by atoms with Crippen LogP contribution in [-0.4, -0.2) is 40.1 Å². The van der Waals surface area contributed by atoms with Crippen LogP contribution >= 0.6 is 0 Å². The summed E-state index contributed by atoms with van der Waals surface area (Å²) in [6.07, 6.45) is 0. The molecule has 0 aliphatic rings. The molecule has 44 heavy (non-hydrogen) atoms. The predicted molar refractivity (Wildman–Crippen MR) is 169 cm³/mol. The Morgan fingerprint density at radius 3 is 0.909 bits per heavy atom. The molecule has 0 amide bonds. The smallest absolute Gasteiger partial charge is 0.167 e. The highest BCUT2D eigenvalue weighted by molar-refractivity contribution is 5.80. The normalized spacial score (nSPS) is 10.9. The second-order valence-corrected chi connectivity index (χ2v) is 9.92. The van der Waals surface area contributed by atoms with Crippen LogP contribution in [-0.2, 0) is 0 Å². The molecule has 2 N–H and O–H groups in total. The van der Waals surface area contributed by atoms with E-state index in [9.17, 15) is 10.2 Å². The monoisotopic (exact) mass is 572 g/mol. The van der Waals surface area contributed by atoms with Crippen LogP contribution < -0.4 is 0 Å². The van der Waals surface area contributed by atoms with Gasteiger partial charge in [0.15, 0.2) is 34.9 Å². The molecular weight excluding hydrogens is 548 g/mol. The third-order valence-electron chi connectivity index (χ3n) is 7.03. The molecule has 0 spiro atoms. The lowest BCUT2D eigenvalue weighted by Gasteiger charge is -2.13. The summed E-state index contributed by atoms with van der Waals surface area (Å²) in [5.41, 5.74) is 3.91. The minimum absolute atomic E-state index is 0.0641. The van der Waals surface area contributed by atoms with Crippen molar-refractivity contribution in [3.63, 3.8) is 0 Å². The third-order valence-corrected chi connectivity index (χ3v) is 7.03. The van der Waals surface area contributed by atoms with Gasteiger partial charge in [0, 0.05) is 22.3 Å². The molecule has 210 valence electrons. The molecule has 0 radical (unpaired) electrons. The minimum atomic E-state index is 0.0641. The van der Waals surface area contributed by atoms with Gasteiger partial charge in [0.1, 0.15) is 11.5 Å². The Morgan fingerprint density at radius 2 is 0.545 bits per heavy atom. The van der Waals surface area contributed by atoms with Gasteiger partial charge in [-0.3, -0.25) is 0 Å². The molecule has 7 aromatic rings. The van der Waals surface area contributed by atoms with Gasteiger partial charge in [0.25, 0.3) is 0 Å². The van der Waals surface area contributed by atoms with E-state index < -0.39 is 0 Å². The number of hydrogen-bond acceptors (Lipinski definition) is 8. The van der Waals surface area contributed by atoms with Gasteiger partial charge in [-0.15, -0.1) is 0 Å². The maximum atomic E-state index is 10.7. The van der Waals surface area contributed by atoms with E-state index in [0.29, 0.717) is 57.2 Å². The fourth-order valence-electron chi connectivity index (χ4n) is 4.86. The first-order valence-electron chi connectivity index (χ1n) is 13.9. The van der Waals surface area contributed by atoms with Gasteiger partial charge in [0.2, 0.25) is 0 Å². The lowest BCUT2D eigenvalue weighted by molar-refractivity contribution is 0.476. The molecule has 0 aliphatic heterocycles. The number of hydrogen-bond donors (Lipinski definition) is 2. The van der Waals surface area contributed by atoms with Gasteiger partial charge in [-0.25, -0.2) is 29.9 Å². The Kier molecular flexibility index (Phi) is 6.98. The van der Waals surface area contributed by atoms with Crippen molar-refractivity contribution < 1.29 is 10.2 Å². The Morgan fingerprint density at radius 1 is 0.273 bits per heavy atom. The topological polar surface area (TPSA) is 118 Å². The molecule has 0 unspecified atom stereocenters. The van der Waals surface area contributed by atoms with E-state index in [2.05, 4.69) is 0 Å². The number of para-hydroxylation sites is 2. The van der Waals surface area contributed by atoms with Crippen LogP contribution in [0.1, 0.15) is 0 Å². The number of aromatic nitrogens is 6. The van der Waals surface area contributed by atoms with Crippen LogP contribution in [0.4, 0.5) is 0 Å². The highest BCUT2D eigenvalue weighted by Gasteiger charge is 2.20. The molecule has 0 saturated heterocycles. The van der Waals surface area contributed by atoms with Gasteiger partial charge in [-0.05, 0) is 24.3 Å². The fourth-order valence-corrected chi connectivity index (χ4v) is 4.86. The zero-order valence-corrected chi connectivity index (χ0v) is 23.3. The summed E-state index contributed by atoms with van der Waals surface area (Å²) in [6.45, 7) is 0. The molecule has 2 heterocycles. The Balaban J connectivity index is 1.46. The quantitative estimate of drug-likeness (QED) is 0.211. The van der Waals surface area contributed by atoms with Crippen molar-refractivity contribution in [3.05, 3.63) is 133 Å². The number of phenols is 2. The van der Waals surface area contributed by atoms with Crippen LogP contribution in [0.15, 0.2) is 133 Å². The van der Waals surface area contributed by atoms with E-state index in [0.717, 1.165) is 11.1 Å². The average molecular weight is 573 g/mol. The highest BCUT2D eigenvalue weighted by Crippen LogP contribution is 2.35. The van der Waals surface area contributed by atoms with Gasteiger partial charge >= 0.3 is 0 Å².